The van der Waals surface area contributed by atoms with Gasteiger partial charge in [0.05, 0.1) is 11.7 Å². The molecular formula is C14H14IN3O. The summed E-state index contributed by atoms with van der Waals surface area (Å²) in [5.74, 6) is 0. The average molecular weight is 367 g/mol. The predicted molar refractivity (Wildman–Crippen MR) is 84.0 cm³/mol. The number of rotatable bonds is 3. The van der Waals surface area contributed by atoms with Crippen molar-refractivity contribution in [3.8, 4) is 0 Å². The van der Waals surface area contributed by atoms with Crippen LogP contribution in [0.3, 0.4) is 0 Å². The van der Waals surface area contributed by atoms with Gasteiger partial charge in [0.1, 0.15) is 0 Å². The van der Waals surface area contributed by atoms with Gasteiger partial charge in [-0.15, -0.1) is 0 Å². The lowest BCUT2D eigenvalue weighted by molar-refractivity contribution is 0.249. The Bertz CT molecular complexity index is 542. The lowest BCUT2D eigenvalue weighted by atomic mass is 10.2. The van der Waals surface area contributed by atoms with Gasteiger partial charge in [-0.3, -0.25) is 4.98 Å². The standard InChI is InChI=1S/C14H14IN3O/c1-10(13-4-2-3-9-16-13)17-14(19)18-12-7-5-11(15)6-8-12/h2-10H,1H3,(H2,17,18,19)/t10-/m0/s1. The molecule has 98 valence electrons. The number of aromatic nitrogens is 1. The number of nitrogens with zero attached hydrogens (tertiary/aromatic N) is 1. The van der Waals surface area contributed by atoms with Crippen molar-refractivity contribution in [2.75, 3.05) is 5.32 Å². The summed E-state index contributed by atoms with van der Waals surface area (Å²) < 4.78 is 1.13. The van der Waals surface area contributed by atoms with E-state index in [1.165, 1.54) is 0 Å². The number of hydrogen-bond acceptors (Lipinski definition) is 2. The largest absolute Gasteiger partial charge is 0.330 e. The van der Waals surface area contributed by atoms with Crippen molar-refractivity contribution in [2.45, 2.75) is 13.0 Å². The molecule has 0 saturated carbocycles. The second kappa shape index (κ2) is 6.51. The van der Waals surface area contributed by atoms with E-state index in [4.69, 9.17) is 0 Å². The van der Waals surface area contributed by atoms with Gasteiger partial charge in [-0.1, -0.05) is 6.07 Å². The highest BCUT2D eigenvalue weighted by molar-refractivity contribution is 14.1. The molecule has 1 heterocycles. The first kappa shape index (κ1) is 13.8. The highest BCUT2D eigenvalue weighted by Gasteiger charge is 2.09. The summed E-state index contributed by atoms with van der Waals surface area (Å²) in [5, 5.41) is 5.63. The molecule has 1 aromatic heterocycles. The second-order valence-electron chi connectivity index (χ2n) is 4.08. The van der Waals surface area contributed by atoms with Crippen LogP contribution < -0.4 is 10.6 Å². The number of carbonyl (C=O) groups excluding carboxylic acids is 1. The smallest absolute Gasteiger partial charge is 0.319 e. The summed E-state index contributed by atoms with van der Waals surface area (Å²) in [6.45, 7) is 1.90. The Hall–Kier alpha value is -1.63. The predicted octanol–water partition coefficient (Wildman–Crippen LogP) is 3.57. The molecule has 0 spiro atoms. The molecule has 1 atom stereocenters. The third-order valence-corrected chi connectivity index (χ3v) is 3.30. The maximum Gasteiger partial charge on any atom is 0.319 e. The first-order chi connectivity index (χ1) is 9.15. The Balaban J connectivity index is 1.93. The monoisotopic (exact) mass is 367 g/mol. The molecule has 0 fully saturated rings. The molecule has 2 rings (SSSR count). The lowest BCUT2D eigenvalue weighted by Crippen LogP contribution is -2.31. The molecule has 5 heteroatoms. The van der Waals surface area contributed by atoms with Gasteiger partial charge >= 0.3 is 6.03 Å². The number of benzene rings is 1. The number of carbonyl (C=O) groups is 1. The number of anilines is 1. The van der Waals surface area contributed by atoms with Gasteiger partial charge in [0, 0.05) is 15.5 Å². The lowest BCUT2D eigenvalue weighted by Gasteiger charge is -2.14. The van der Waals surface area contributed by atoms with Crippen molar-refractivity contribution in [1.82, 2.24) is 10.3 Å². The number of nitrogens with one attached hydrogen (secondary N) is 2. The summed E-state index contributed by atoms with van der Waals surface area (Å²) in [6.07, 6.45) is 1.71. The molecule has 0 unspecified atom stereocenters. The molecule has 1 aromatic carbocycles. The van der Waals surface area contributed by atoms with Gasteiger partial charge in [0.2, 0.25) is 0 Å². The van der Waals surface area contributed by atoms with Crippen LogP contribution in [0.15, 0.2) is 48.7 Å². The molecular weight excluding hydrogens is 353 g/mol. The molecule has 2 aromatic rings. The van der Waals surface area contributed by atoms with Crippen LogP contribution in [0.4, 0.5) is 10.5 Å². The van der Waals surface area contributed by atoms with E-state index in [0.29, 0.717) is 0 Å². The molecule has 0 radical (unpaired) electrons. The quantitative estimate of drug-likeness (QED) is 0.815. The minimum Gasteiger partial charge on any atom is -0.330 e. The molecule has 0 aliphatic carbocycles. The number of urea groups is 1. The molecule has 2 N–H and O–H groups in total. The summed E-state index contributed by atoms with van der Waals surface area (Å²) in [4.78, 5) is 16.0. The van der Waals surface area contributed by atoms with E-state index < -0.39 is 0 Å². The molecule has 4 nitrogen and oxygen atoms in total. The Kier molecular flexibility index (Phi) is 4.73. The van der Waals surface area contributed by atoms with Crippen molar-refractivity contribution in [2.24, 2.45) is 0 Å². The molecule has 0 saturated heterocycles. The van der Waals surface area contributed by atoms with E-state index in [-0.39, 0.29) is 12.1 Å². The zero-order valence-corrected chi connectivity index (χ0v) is 12.6. The van der Waals surface area contributed by atoms with Crippen LogP contribution >= 0.6 is 22.6 Å². The van der Waals surface area contributed by atoms with Crippen LogP contribution in [-0.4, -0.2) is 11.0 Å². The van der Waals surface area contributed by atoms with E-state index in [1.54, 1.807) is 6.20 Å². The minimum absolute atomic E-state index is 0.134. The summed E-state index contributed by atoms with van der Waals surface area (Å²) >= 11 is 2.22. The number of amides is 2. The van der Waals surface area contributed by atoms with Crippen molar-refractivity contribution < 1.29 is 4.79 Å². The third-order valence-electron chi connectivity index (χ3n) is 2.58. The van der Waals surface area contributed by atoms with Crippen molar-refractivity contribution in [3.63, 3.8) is 0 Å². The zero-order valence-electron chi connectivity index (χ0n) is 10.4. The van der Waals surface area contributed by atoms with Crippen LogP contribution in [-0.2, 0) is 0 Å². The van der Waals surface area contributed by atoms with E-state index in [9.17, 15) is 4.79 Å². The molecule has 0 aliphatic heterocycles. The fourth-order valence-electron chi connectivity index (χ4n) is 1.60. The Labute approximate surface area is 125 Å². The Morgan fingerprint density at radius 2 is 1.95 bits per heavy atom. The second-order valence-corrected chi connectivity index (χ2v) is 5.33. The topological polar surface area (TPSA) is 54.0 Å². The van der Waals surface area contributed by atoms with E-state index in [2.05, 4.69) is 38.2 Å². The molecule has 0 aliphatic rings. The highest BCUT2D eigenvalue weighted by atomic mass is 127. The van der Waals surface area contributed by atoms with Crippen LogP contribution in [0.5, 0.6) is 0 Å². The van der Waals surface area contributed by atoms with Gasteiger partial charge in [-0.2, -0.15) is 0 Å². The highest BCUT2D eigenvalue weighted by Crippen LogP contribution is 2.12. The SMILES string of the molecule is C[C@H](NC(=O)Nc1ccc(I)cc1)c1ccccn1. The summed E-state index contributed by atoms with van der Waals surface area (Å²) in [7, 11) is 0. The van der Waals surface area contributed by atoms with Crippen LogP contribution in [0, 0.1) is 3.57 Å². The van der Waals surface area contributed by atoms with E-state index in [1.807, 2.05) is 49.4 Å². The van der Waals surface area contributed by atoms with Crippen LogP contribution in [0.2, 0.25) is 0 Å². The maximum absolute atomic E-state index is 11.8. The Morgan fingerprint density at radius 1 is 1.21 bits per heavy atom. The van der Waals surface area contributed by atoms with Crippen molar-refractivity contribution in [1.29, 1.82) is 0 Å². The van der Waals surface area contributed by atoms with Gasteiger partial charge in [0.25, 0.3) is 0 Å². The number of pyridine rings is 1. The normalized spacial score (nSPS) is 11.7. The van der Waals surface area contributed by atoms with Crippen molar-refractivity contribution >= 4 is 34.3 Å². The van der Waals surface area contributed by atoms with Gasteiger partial charge < -0.3 is 10.6 Å². The van der Waals surface area contributed by atoms with E-state index >= 15 is 0 Å². The summed E-state index contributed by atoms with van der Waals surface area (Å²) in [5.41, 5.74) is 1.60. The Morgan fingerprint density at radius 3 is 2.58 bits per heavy atom. The molecule has 2 amide bonds. The fraction of sp³-hybridized carbons (Fsp3) is 0.143. The van der Waals surface area contributed by atoms with E-state index in [0.717, 1.165) is 15.0 Å². The van der Waals surface area contributed by atoms with Gasteiger partial charge in [-0.05, 0) is 65.9 Å². The molecule has 0 bridgehead atoms. The summed E-state index contributed by atoms with van der Waals surface area (Å²) in [6, 6.07) is 12.9. The third kappa shape index (κ3) is 4.20. The first-order valence-corrected chi connectivity index (χ1v) is 6.97. The van der Waals surface area contributed by atoms with Crippen LogP contribution in [0.1, 0.15) is 18.7 Å². The fourth-order valence-corrected chi connectivity index (χ4v) is 1.96. The number of hydrogen-bond donors (Lipinski definition) is 2. The molecule has 19 heavy (non-hydrogen) atoms. The number of halogens is 1. The van der Waals surface area contributed by atoms with Crippen LogP contribution in [0.25, 0.3) is 0 Å². The zero-order chi connectivity index (χ0) is 13.7. The average Bonchev–Trinajstić information content (AvgIpc) is 2.42. The van der Waals surface area contributed by atoms with Crippen molar-refractivity contribution in [3.05, 3.63) is 57.9 Å². The van der Waals surface area contributed by atoms with Gasteiger partial charge in [0.15, 0.2) is 0 Å². The minimum atomic E-state index is -0.237. The maximum atomic E-state index is 11.8. The van der Waals surface area contributed by atoms with Gasteiger partial charge in [-0.25, -0.2) is 4.79 Å². The first-order valence-electron chi connectivity index (χ1n) is 5.89.